The summed E-state index contributed by atoms with van der Waals surface area (Å²) in [5, 5.41) is 11.4. The molecule has 3 nitrogen and oxygen atoms in total. The first-order valence-corrected chi connectivity index (χ1v) is 6.68. The molecule has 0 aliphatic rings. The first-order chi connectivity index (χ1) is 9.90. The largest absolute Gasteiger partial charge is 0.376 e. The van der Waals surface area contributed by atoms with Gasteiger partial charge in [0.1, 0.15) is 0 Å². The van der Waals surface area contributed by atoms with Gasteiger partial charge in [-0.15, -0.1) is 0 Å². The fraction of sp³-hybridized carbons (Fsp3) is 0.235. The van der Waals surface area contributed by atoms with Gasteiger partial charge in [0.25, 0.3) is 0 Å². The number of ether oxygens (including phenoxy) is 1. The summed E-state index contributed by atoms with van der Waals surface area (Å²) in [4.78, 5) is 0. The lowest BCUT2D eigenvalue weighted by atomic mass is 10.0. The lowest BCUT2D eigenvalue weighted by molar-refractivity contribution is 0.107. The van der Waals surface area contributed by atoms with E-state index in [1.807, 2.05) is 54.7 Å². The molecule has 0 saturated heterocycles. The van der Waals surface area contributed by atoms with Crippen LogP contribution < -0.4 is 5.32 Å². The highest BCUT2D eigenvalue weighted by atomic mass is 16.5. The molecule has 2 aromatic carbocycles. The van der Waals surface area contributed by atoms with E-state index in [0.29, 0.717) is 19.8 Å². The number of nitriles is 1. The fourth-order valence-electron chi connectivity index (χ4n) is 2.06. The maximum atomic E-state index is 8.66. The molecule has 0 bridgehead atoms. The first-order valence-electron chi connectivity index (χ1n) is 6.68. The van der Waals surface area contributed by atoms with Crippen LogP contribution in [0, 0.1) is 11.5 Å². The van der Waals surface area contributed by atoms with E-state index >= 15 is 0 Å². The maximum absolute atomic E-state index is 8.66. The minimum atomic E-state index is 0.180. The first kappa shape index (κ1) is 14.1. The third-order valence-electron chi connectivity index (χ3n) is 3.13. The van der Waals surface area contributed by atoms with Crippen molar-refractivity contribution in [2.24, 2.45) is 0 Å². The highest BCUT2D eigenvalue weighted by Crippen LogP contribution is 2.16. The normalized spacial score (nSPS) is 11.6. The average Bonchev–Trinajstić information content (AvgIpc) is 2.52. The van der Waals surface area contributed by atoms with Crippen molar-refractivity contribution in [2.45, 2.75) is 12.5 Å². The average molecular weight is 266 g/mol. The molecule has 20 heavy (non-hydrogen) atoms. The number of hydrogen-bond acceptors (Lipinski definition) is 3. The summed E-state index contributed by atoms with van der Waals surface area (Å²) in [7, 11) is 0. The summed E-state index contributed by atoms with van der Waals surface area (Å²) in [6.45, 7) is 1.78. The van der Waals surface area contributed by atoms with E-state index in [-0.39, 0.29) is 5.92 Å². The Kier molecular flexibility index (Phi) is 5.63. The van der Waals surface area contributed by atoms with Crippen LogP contribution >= 0.6 is 0 Å². The van der Waals surface area contributed by atoms with E-state index in [0.717, 1.165) is 5.56 Å². The zero-order chi connectivity index (χ0) is 14.0. The van der Waals surface area contributed by atoms with Crippen LogP contribution in [0.2, 0.25) is 0 Å². The summed E-state index contributed by atoms with van der Waals surface area (Å²) in [6, 6.07) is 20.2. The predicted octanol–water partition coefficient (Wildman–Crippen LogP) is 3.06. The molecule has 0 aliphatic carbocycles. The van der Waals surface area contributed by atoms with Crippen LogP contribution in [-0.2, 0) is 11.3 Å². The van der Waals surface area contributed by atoms with Crippen molar-refractivity contribution in [3.63, 3.8) is 0 Å². The molecule has 1 unspecified atom stereocenters. The van der Waals surface area contributed by atoms with E-state index in [4.69, 9.17) is 10.00 Å². The molecule has 0 amide bonds. The van der Waals surface area contributed by atoms with Gasteiger partial charge in [0, 0.05) is 12.5 Å². The van der Waals surface area contributed by atoms with Crippen LogP contribution in [0.25, 0.3) is 0 Å². The van der Waals surface area contributed by atoms with E-state index in [9.17, 15) is 0 Å². The van der Waals surface area contributed by atoms with Gasteiger partial charge in [-0.25, -0.2) is 0 Å². The predicted molar refractivity (Wildman–Crippen MR) is 78.9 cm³/mol. The zero-order valence-corrected chi connectivity index (χ0v) is 11.3. The summed E-state index contributed by atoms with van der Waals surface area (Å²) in [5.41, 5.74) is 2.34. The minimum absolute atomic E-state index is 0.180. The molecular weight excluding hydrogens is 248 g/mol. The van der Waals surface area contributed by atoms with Gasteiger partial charge >= 0.3 is 0 Å². The number of hydrogen-bond donors (Lipinski definition) is 1. The van der Waals surface area contributed by atoms with Crippen LogP contribution in [0.4, 0.5) is 0 Å². The Balaban J connectivity index is 1.90. The standard InChI is InChI=1S/C17H18N2O/c18-14-19-11-17(16-9-5-2-6-10-16)13-20-12-15-7-3-1-4-8-15/h1-10,17,19H,11-13H2. The third kappa shape index (κ3) is 4.42. The topological polar surface area (TPSA) is 45.0 Å². The molecule has 0 heterocycles. The maximum Gasteiger partial charge on any atom is 0.176 e. The molecule has 0 aliphatic heterocycles. The molecular formula is C17H18N2O. The van der Waals surface area contributed by atoms with Gasteiger partial charge in [0.15, 0.2) is 6.19 Å². The quantitative estimate of drug-likeness (QED) is 0.619. The molecule has 0 fully saturated rings. The lowest BCUT2D eigenvalue weighted by Gasteiger charge is -2.16. The van der Waals surface area contributed by atoms with Gasteiger partial charge in [-0.3, -0.25) is 0 Å². The van der Waals surface area contributed by atoms with Crippen LogP contribution in [-0.4, -0.2) is 13.2 Å². The van der Waals surface area contributed by atoms with E-state index in [1.165, 1.54) is 5.56 Å². The number of nitrogens with zero attached hydrogens (tertiary/aromatic N) is 1. The molecule has 0 spiro atoms. The van der Waals surface area contributed by atoms with E-state index in [1.54, 1.807) is 0 Å². The highest BCUT2D eigenvalue weighted by molar-refractivity contribution is 5.20. The van der Waals surface area contributed by atoms with Crippen molar-refractivity contribution in [1.29, 1.82) is 5.26 Å². The summed E-state index contributed by atoms with van der Waals surface area (Å²) < 4.78 is 5.78. The van der Waals surface area contributed by atoms with Crippen LogP contribution in [0.3, 0.4) is 0 Å². The van der Waals surface area contributed by atoms with Crippen molar-refractivity contribution in [1.82, 2.24) is 5.32 Å². The van der Waals surface area contributed by atoms with Gasteiger partial charge in [-0.1, -0.05) is 60.7 Å². The molecule has 0 saturated carbocycles. The second-order valence-electron chi connectivity index (χ2n) is 4.60. The van der Waals surface area contributed by atoms with E-state index < -0.39 is 0 Å². The van der Waals surface area contributed by atoms with Gasteiger partial charge in [0.2, 0.25) is 0 Å². The van der Waals surface area contributed by atoms with Crippen molar-refractivity contribution in [2.75, 3.05) is 13.2 Å². The van der Waals surface area contributed by atoms with Crippen molar-refractivity contribution < 1.29 is 4.74 Å². The monoisotopic (exact) mass is 266 g/mol. The van der Waals surface area contributed by atoms with Crippen LogP contribution in [0.5, 0.6) is 0 Å². The zero-order valence-electron chi connectivity index (χ0n) is 11.3. The lowest BCUT2D eigenvalue weighted by Crippen LogP contribution is -2.21. The molecule has 0 radical (unpaired) electrons. The van der Waals surface area contributed by atoms with Crippen molar-refractivity contribution in [3.8, 4) is 6.19 Å². The number of rotatable bonds is 7. The van der Waals surface area contributed by atoms with Gasteiger partial charge in [-0.05, 0) is 11.1 Å². The van der Waals surface area contributed by atoms with E-state index in [2.05, 4.69) is 17.4 Å². The molecule has 102 valence electrons. The molecule has 2 aromatic rings. The summed E-state index contributed by atoms with van der Waals surface area (Å²) >= 11 is 0. The Hall–Kier alpha value is -2.31. The van der Waals surface area contributed by atoms with Crippen LogP contribution in [0.1, 0.15) is 17.0 Å². The molecule has 0 aromatic heterocycles. The van der Waals surface area contributed by atoms with Crippen molar-refractivity contribution >= 4 is 0 Å². The minimum Gasteiger partial charge on any atom is -0.376 e. The molecule has 2 rings (SSSR count). The second-order valence-corrected chi connectivity index (χ2v) is 4.60. The Labute approximate surface area is 119 Å². The van der Waals surface area contributed by atoms with Crippen LogP contribution in [0.15, 0.2) is 60.7 Å². The Morgan fingerprint density at radius 1 is 1.00 bits per heavy atom. The Bertz CT molecular complexity index is 534. The number of benzene rings is 2. The fourth-order valence-corrected chi connectivity index (χ4v) is 2.06. The molecule has 1 N–H and O–H groups in total. The van der Waals surface area contributed by atoms with Gasteiger partial charge in [0.05, 0.1) is 13.2 Å². The Morgan fingerprint density at radius 2 is 1.65 bits per heavy atom. The van der Waals surface area contributed by atoms with Gasteiger partial charge in [-0.2, -0.15) is 5.26 Å². The molecule has 3 heteroatoms. The smallest absolute Gasteiger partial charge is 0.176 e. The summed E-state index contributed by atoms with van der Waals surface area (Å²) in [6.07, 6.45) is 1.97. The highest BCUT2D eigenvalue weighted by Gasteiger charge is 2.11. The molecule has 1 atom stereocenters. The SMILES string of the molecule is N#CNCC(COCc1ccccc1)c1ccccc1. The summed E-state index contributed by atoms with van der Waals surface area (Å²) in [5.74, 6) is 0.180. The van der Waals surface area contributed by atoms with Crippen molar-refractivity contribution in [3.05, 3.63) is 71.8 Å². The third-order valence-corrected chi connectivity index (χ3v) is 3.13. The Morgan fingerprint density at radius 3 is 2.30 bits per heavy atom. The second kappa shape index (κ2) is 7.98. The number of nitrogens with one attached hydrogen (secondary N) is 1. The van der Waals surface area contributed by atoms with Gasteiger partial charge < -0.3 is 10.1 Å².